The first-order valence-corrected chi connectivity index (χ1v) is 13.3. The van der Waals surface area contributed by atoms with Crippen LogP contribution in [-0.2, 0) is 21.1 Å². The third-order valence-corrected chi connectivity index (χ3v) is 5.54. The summed E-state index contributed by atoms with van der Waals surface area (Å²) in [6.45, 7) is 2.44. The Bertz CT molecular complexity index is 786. The van der Waals surface area contributed by atoms with E-state index >= 15 is 0 Å². The molecule has 136 valence electrons. The number of halogens is 1. The molecule has 2 aromatic rings. The Hall–Kier alpha value is -1.10. The maximum absolute atomic E-state index is 11.7. The lowest BCUT2D eigenvalue weighted by molar-refractivity contribution is 0.249. The molecule has 2 aromatic carbocycles. The molecule has 0 aliphatic heterocycles. The first kappa shape index (κ1) is 20.2. The minimum Gasteiger partial charge on any atom is -0.487 e. The van der Waals surface area contributed by atoms with Crippen molar-refractivity contribution in [1.82, 2.24) is 0 Å². The van der Waals surface area contributed by atoms with Crippen LogP contribution in [0.25, 0.3) is 0 Å². The topological polar surface area (TPSA) is 64.6 Å². The fourth-order valence-corrected chi connectivity index (χ4v) is 4.83. The number of hydrogen-bond donors (Lipinski definition) is 1. The van der Waals surface area contributed by atoms with E-state index in [2.05, 4.69) is 33.9 Å². The fraction of sp³-hybridized carbons (Fsp3) is 0.294. The molecule has 1 N–H and O–H groups in total. The number of sulfonamides is 1. The van der Waals surface area contributed by atoms with Gasteiger partial charge < -0.3 is 9.16 Å². The fourth-order valence-electron chi connectivity index (χ4n) is 2.32. The molecule has 0 amide bonds. The molecule has 0 aromatic heterocycles. The first-order valence-electron chi connectivity index (χ1n) is 7.89. The Kier molecular flexibility index (Phi) is 7.72. The van der Waals surface area contributed by atoms with Gasteiger partial charge in [-0.15, -0.1) is 0 Å². The van der Waals surface area contributed by atoms with Gasteiger partial charge in [0, 0.05) is 4.43 Å². The lowest BCUT2D eigenvalue weighted by Crippen LogP contribution is -2.13. The lowest BCUT2D eigenvalue weighted by Gasteiger charge is -2.19. The summed E-state index contributed by atoms with van der Waals surface area (Å²) in [5.74, 6) is 0.499. The molecule has 8 heteroatoms. The average Bonchev–Trinajstić information content (AvgIpc) is 2.58. The van der Waals surface area contributed by atoms with Crippen LogP contribution in [0.3, 0.4) is 0 Å². The van der Waals surface area contributed by atoms with E-state index in [9.17, 15) is 8.42 Å². The van der Waals surface area contributed by atoms with Crippen LogP contribution in [0.4, 0.5) is 5.69 Å². The molecule has 0 aliphatic carbocycles. The number of hydrogen-bond acceptors (Lipinski definition) is 4. The van der Waals surface area contributed by atoms with Gasteiger partial charge in [-0.3, -0.25) is 4.72 Å². The minimum absolute atomic E-state index is 0.0273. The Labute approximate surface area is 165 Å². The Balaban J connectivity index is 2.27. The highest BCUT2D eigenvalue weighted by molar-refractivity contribution is 14.1. The van der Waals surface area contributed by atoms with Gasteiger partial charge in [-0.05, 0) is 23.3 Å². The maximum atomic E-state index is 11.7. The number of rotatable bonds is 9. The van der Waals surface area contributed by atoms with Crippen molar-refractivity contribution in [2.45, 2.75) is 19.3 Å². The van der Waals surface area contributed by atoms with Crippen LogP contribution in [0.1, 0.15) is 17.2 Å². The highest BCUT2D eigenvalue weighted by Crippen LogP contribution is 2.31. The minimum atomic E-state index is -3.41. The van der Waals surface area contributed by atoms with Gasteiger partial charge >= 0.3 is 0 Å². The average molecular weight is 491 g/mol. The van der Waals surface area contributed by atoms with E-state index in [0.29, 0.717) is 18.0 Å². The third kappa shape index (κ3) is 6.61. The van der Waals surface area contributed by atoms with Crippen molar-refractivity contribution < 1.29 is 17.6 Å². The second-order valence-electron chi connectivity index (χ2n) is 5.50. The van der Waals surface area contributed by atoms with Gasteiger partial charge in [-0.1, -0.05) is 65.5 Å². The van der Waals surface area contributed by atoms with Crippen LogP contribution >= 0.6 is 22.6 Å². The van der Waals surface area contributed by atoms with Gasteiger partial charge in [-0.25, -0.2) is 8.42 Å². The van der Waals surface area contributed by atoms with Gasteiger partial charge in [0.2, 0.25) is 10.0 Å². The highest BCUT2D eigenvalue weighted by atomic mass is 127. The highest BCUT2D eigenvalue weighted by Gasteiger charge is 2.15. The molecule has 1 atom stereocenters. The molecule has 0 spiro atoms. The smallest absolute Gasteiger partial charge is 0.229 e. The molecule has 0 bridgehead atoms. The van der Waals surface area contributed by atoms with Crippen LogP contribution in [-0.4, -0.2) is 28.9 Å². The third-order valence-electron chi connectivity index (χ3n) is 3.42. The summed E-state index contributed by atoms with van der Waals surface area (Å²) in [7, 11) is -3.97. The molecular formula is C17H22INO4SSi. The van der Waals surface area contributed by atoms with Gasteiger partial charge in [0.25, 0.3) is 0 Å². The molecule has 0 saturated carbocycles. The van der Waals surface area contributed by atoms with Gasteiger partial charge in [0.05, 0.1) is 18.0 Å². The molecule has 2 rings (SSSR count). The summed E-state index contributed by atoms with van der Waals surface area (Å²) in [5, 5.41) is 0. The molecular weight excluding hydrogens is 469 g/mol. The van der Waals surface area contributed by atoms with E-state index in [1.165, 1.54) is 0 Å². The predicted octanol–water partition coefficient (Wildman–Crippen LogP) is 3.26. The lowest BCUT2D eigenvalue weighted by atomic mass is 10.1. The summed E-state index contributed by atoms with van der Waals surface area (Å²) < 4.78 is 38.5. The molecule has 25 heavy (non-hydrogen) atoms. The second-order valence-corrected chi connectivity index (χ2v) is 9.04. The van der Waals surface area contributed by atoms with Crippen molar-refractivity contribution in [3.05, 3.63) is 59.7 Å². The van der Waals surface area contributed by atoms with Crippen molar-refractivity contribution in [3.63, 3.8) is 0 Å². The number of alkyl halides is 1. The van der Waals surface area contributed by atoms with Gasteiger partial charge in [0.15, 0.2) is 9.76 Å². The summed E-state index contributed by atoms with van der Waals surface area (Å²) in [6.07, 6.45) is 1.10. The molecule has 0 heterocycles. The van der Waals surface area contributed by atoms with E-state index in [1.54, 1.807) is 12.1 Å². The largest absolute Gasteiger partial charge is 0.487 e. The van der Waals surface area contributed by atoms with E-state index in [0.717, 1.165) is 21.8 Å². The Morgan fingerprint density at radius 2 is 1.92 bits per heavy atom. The Morgan fingerprint density at radius 3 is 2.52 bits per heavy atom. The van der Waals surface area contributed by atoms with Crippen molar-refractivity contribution in [1.29, 1.82) is 0 Å². The van der Waals surface area contributed by atoms with Gasteiger partial charge in [-0.2, -0.15) is 0 Å². The first-order chi connectivity index (χ1) is 11.9. The standard InChI is InChI=1S/C17H22INO4SSi/c1-24(20,21)19-15-10-14(17(11-18)23-25-2)8-9-16(15)22-12-13-6-4-3-5-7-13/h3-10,17,19H,11-12,25H2,1-2H3/t17-/m0/s1. The summed E-state index contributed by atoms with van der Waals surface area (Å²) in [4.78, 5) is 0. The molecule has 0 aliphatic rings. The number of ether oxygens (including phenoxy) is 1. The maximum Gasteiger partial charge on any atom is 0.229 e. The van der Waals surface area contributed by atoms with Crippen LogP contribution in [0, 0.1) is 0 Å². The Morgan fingerprint density at radius 1 is 1.20 bits per heavy atom. The molecule has 5 nitrogen and oxygen atoms in total. The van der Waals surface area contributed by atoms with Crippen molar-refractivity contribution in [2.75, 3.05) is 15.4 Å². The molecule has 0 unspecified atom stereocenters. The normalized spacial score (nSPS) is 13.1. The van der Waals surface area contributed by atoms with E-state index in [1.807, 2.05) is 36.4 Å². The van der Waals surface area contributed by atoms with Gasteiger partial charge in [0.1, 0.15) is 12.4 Å². The van der Waals surface area contributed by atoms with E-state index in [4.69, 9.17) is 9.16 Å². The molecule has 0 saturated heterocycles. The number of benzene rings is 2. The number of anilines is 1. The van der Waals surface area contributed by atoms with Crippen molar-refractivity contribution in [3.8, 4) is 5.75 Å². The van der Waals surface area contributed by atoms with E-state index < -0.39 is 19.8 Å². The van der Waals surface area contributed by atoms with Crippen molar-refractivity contribution >= 4 is 48.1 Å². The van der Waals surface area contributed by atoms with Crippen LogP contribution in [0.2, 0.25) is 6.55 Å². The summed E-state index contributed by atoms with van der Waals surface area (Å²) in [5.41, 5.74) is 2.40. The molecule has 0 radical (unpaired) electrons. The monoisotopic (exact) mass is 491 g/mol. The van der Waals surface area contributed by atoms with Crippen LogP contribution in [0.5, 0.6) is 5.75 Å². The number of nitrogens with one attached hydrogen (secondary N) is 1. The zero-order chi connectivity index (χ0) is 18.3. The molecule has 0 fully saturated rings. The summed E-state index contributed by atoms with van der Waals surface area (Å²) in [6, 6.07) is 15.3. The quantitative estimate of drug-likeness (QED) is 0.332. The predicted molar refractivity (Wildman–Crippen MR) is 113 cm³/mol. The van der Waals surface area contributed by atoms with Crippen LogP contribution in [0.15, 0.2) is 48.5 Å². The van der Waals surface area contributed by atoms with Crippen LogP contribution < -0.4 is 9.46 Å². The van der Waals surface area contributed by atoms with E-state index in [-0.39, 0.29) is 6.10 Å². The van der Waals surface area contributed by atoms with Crippen molar-refractivity contribution in [2.24, 2.45) is 0 Å². The zero-order valence-electron chi connectivity index (χ0n) is 14.2. The SMILES string of the molecule is C[SiH2]O[C@@H](CI)c1ccc(OCc2ccccc2)c(NS(C)(=O)=O)c1. The zero-order valence-corrected chi connectivity index (χ0v) is 18.6. The summed E-state index contributed by atoms with van der Waals surface area (Å²) >= 11 is 2.28. The second kappa shape index (κ2) is 9.55.